The number of phosphoric acid groups is 1. The largest absolute Gasteiger partial charge is 0.472 e. The highest BCUT2D eigenvalue weighted by Crippen LogP contribution is 2.42. The van der Waals surface area contributed by atoms with Crippen LogP contribution in [0.5, 0.6) is 0 Å². The fourth-order valence-corrected chi connectivity index (χ4v) is 6.26. The Morgan fingerprint density at radius 3 is 1.51 bits per heavy atom. The van der Waals surface area contributed by atoms with Crippen LogP contribution in [0.2, 0.25) is 0 Å². The molecule has 0 bridgehead atoms. The zero-order valence-electron chi connectivity index (χ0n) is 35.8. The van der Waals surface area contributed by atoms with Crippen LogP contribution in [0.3, 0.4) is 0 Å². The molecule has 0 aliphatic carbocycles. The van der Waals surface area contributed by atoms with Gasteiger partial charge in [0, 0.05) is 19.4 Å². The SMILES string of the molecule is CC/C=C\C/C=C\C/C=C\C/C=C\C/C=C\CCCCCCCCCC(=O)NCCOP(=O)(O)OCC(O)COC(=O)CCCCCCC/C=C\C/C=C\CCC. The van der Waals surface area contributed by atoms with Crippen molar-refractivity contribution in [1.82, 2.24) is 5.32 Å². The molecule has 0 rings (SSSR count). The maximum atomic E-state index is 12.1. The summed E-state index contributed by atoms with van der Waals surface area (Å²) in [6.45, 7) is 3.32. The van der Waals surface area contributed by atoms with Gasteiger partial charge in [0.2, 0.25) is 5.91 Å². The van der Waals surface area contributed by atoms with Crippen LogP contribution in [0.25, 0.3) is 0 Å². The quantitative estimate of drug-likeness (QED) is 0.0241. The topological polar surface area (TPSA) is 131 Å². The number of aliphatic hydroxyl groups excluding tert-OH is 1. The first-order valence-electron chi connectivity index (χ1n) is 22.1. The van der Waals surface area contributed by atoms with E-state index in [0.29, 0.717) is 12.8 Å². The first kappa shape index (κ1) is 54.2. The van der Waals surface area contributed by atoms with Crippen molar-refractivity contribution in [3.8, 4) is 0 Å². The molecular weight excluding hydrogens is 737 g/mol. The van der Waals surface area contributed by atoms with E-state index >= 15 is 0 Å². The van der Waals surface area contributed by atoms with Crippen LogP contribution in [-0.2, 0) is 27.9 Å². The molecule has 2 atom stereocenters. The van der Waals surface area contributed by atoms with E-state index in [4.69, 9.17) is 13.8 Å². The molecule has 0 saturated heterocycles. The van der Waals surface area contributed by atoms with Crippen LogP contribution in [0.15, 0.2) is 85.1 Å². The van der Waals surface area contributed by atoms with Gasteiger partial charge < -0.3 is 20.1 Å². The van der Waals surface area contributed by atoms with Gasteiger partial charge in [-0.25, -0.2) is 4.57 Å². The van der Waals surface area contributed by atoms with Gasteiger partial charge in [0.1, 0.15) is 12.7 Å². The summed E-state index contributed by atoms with van der Waals surface area (Å²) in [5.41, 5.74) is 0. The van der Waals surface area contributed by atoms with Crippen molar-refractivity contribution in [2.24, 2.45) is 0 Å². The van der Waals surface area contributed by atoms with Crippen molar-refractivity contribution in [2.45, 2.75) is 174 Å². The number of rotatable bonds is 40. The second kappa shape index (κ2) is 42.8. The number of carbonyl (C=O) groups excluding carboxylic acids is 2. The van der Waals surface area contributed by atoms with Crippen molar-refractivity contribution in [3.63, 3.8) is 0 Å². The Morgan fingerprint density at radius 2 is 1.00 bits per heavy atom. The van der Waals surface area contributed by atoms with E-state index in [1.807, 2.05) is 0 Å². The number of allylic oxidation sites excluding steroid dienone is 14. The van der Waals surface area contributed by atoms with Gasteiger partial charge in [-0.3, -0.25) is 18.6 Å². The van der Waals surface area contributed by atoms with Crippen LogP contribution in [0.1, 0.15) is 168 Å². The number of unbranched alkanes of at least 4 members (excludes halogenated alkanes) is 13. The van der Waals surface area contributed by atoms with Gasteiger partial charge in [0.25, 0.3) is 0 Å². The van der Waals surface area contributed by atoms with Gasteiger partial charge >= 0.3 is 13.8 Å². The van der Waals surface area contributed by atoms with Gasteiger partial charge in [0.05, 0.1) is 13.2 Å². The molecule has 0 aliphatic heterocycles. The summed E-state index contributed by atoms with van der Waals surface area (Å²) >= 11 is 0. The molecule has 1 amide bonds. The third-order valence-corrected chi connectivity index (χ3v) is 9.77. The Balaban J connectivity index is 3.65. The van der Waals surface area contributed by atoms with Crippen LogP contribution in [-0.4, -0.2) is 54.3 Å². The minimum absolute atomic E-state index is 0.0683. The standard InChI is InChI=1S/C47H80NO8P/c1-3-5-7-9-11-13-15-17-18-19-20-21-22-23-24-25-26-28-29-31-33-35-37-39-46(50)48-41-42-55-57(52,53)56-44-45(49)43-54-47(51)40-38-36-34-32-30-27-16-14-12-10-8-6-4-2/h5,7-8,10-11,13-14,16-18,20-21,23-24,45,49H,3-4,6,9,12,15,19,22,25-44H2,1-2H3,(H,48,50)(H,52,53)/b7-5-,10-8-,13-11-,16-14-,18-17-,21-20-,24-23-. The highest BCUT2D eigenvalue weighted by atomic mass is 31.2. The zero-order valence-corrected chi connectivity index (χ0v) is 36.6. The highest BCUT2D eigenvalue weighted by molar-refractivity contribution is 7.47. The van der Waals surface area contributed by atoms with E-state index in [9.17, 15) is 24.2 Å². The van der Waals surface area contributed by atoms with Crippen LogP contribution >= 0.6 is 7.82 Å². The smallest absolute Gasteiger partial charge is 0.463 e. The maximum absolute atomic E-state index is 12.1. The average molecular weight is 818 g/mol. The van der Waals surface area contributed by atoms with E-state index < -0.39 is 26.5 Å². The molecule has 0 spiro atoms. The number of aliphatic hydroxyl groups is 1. The summed E-state index contributed by atoms with van der Waals surface area (Å²) in [7, 11) is -4.43. The molecule has 0 aliphatic rings. The monoisotopic (exact) mass is 818 g/mol. The Labute approximate surface area is 347 Å². The van der Waals surface area contributed by atoms with Gasteiger partial charge in [-0.1, -0.05) is 157 Å². The predicted octanol–water partition coefficient (Wildman–Crippen LogP) is 12.4. The third-order valence-electron chi connectivity index (χ3n) is 8.79. The van der Waals surface area contributed by atoms with E-state index in [1.165, 1.54) is 32.1 Å². The Kier molecular flexibility index (Phi) is 40.7. The predicted molar refractivity (Wildman–Crippen MR) is 238 cm³/mol. The molecule has 0 heterocycles. The number of nitrogens with one attached hydrogen (secondary N) is 1. The van der Waals surface area contributed by atoms with E-state index in [1.54, 1.807) is 0 Å². The van der Waals surface area contributed by atoms with Gasteiger partial charge in [-0.05, 0) is 83.5 Å². The van der Waals surface area contributed by atoms with E-state index in [-0.39, 0.29) is 32.1 Å². The normalized spacial score (nSPS) is 14.1. The van der Waals surface area contributed by atoms with Crippen LogP contribution in [0, 0.1) is 0 Å². The molecule has 0 radical (unpaired) electrons. The molecule has 57 heavy (non-hydrogen) atoms. The molecule has 0 aromatic rings. The number of hydrogen-bond acceptors (Lipinski definition) is 7. The van der Waals surface area contributed by atoms with Crippen molar-refractivity contribution in [2.75, 3.05) is 26.4 Å². The summed E-state index contributed by atoms with van der Waals surface area (Å²) in [5, 5.41) is 12.7. The van der Waals surface area contributed by atoms with Crippen LogP contribution in [0.4, 0.5) is 0 Å². The molecule has 10 heteroatoms. The summed E-state index contributed by atoms with van der Waals surface area (Å²) < 4.78 is 26.8. The fourth-order valence-electron chi connectivity index (χ4n) is 5.50. The van der Waals surface area contributed by atoms with Gasteiger partial charge in [0.15, 0.2) is 0 Å². The lowest BCUT2D eigenvalue weighted by Crippen LogP contribution is -2.27. The van der Waals surface area contributed by atoms with Crippen molar-refractivity contribution in [1.29, 1.82) is 0 Å². The van der Waals surface area contributed by atoms with E-state index in [0.717, 1.165) is 103 Å². The minimum atomic E-state index is -4.43. The summed E-state index contributed by atoms with van der Waals surface area (Å²) in [5.74, 6) is -0.549. The van der Waals surface area contributed by atoms with E-state index in [2.05, 4.69) is 104 Å². The van der Waals surface area contributed by atoms with Crippen molar-refractivity contribution >= 4 is 19.7 Å². The van der Waals surface area contributed by atoms with Gasteiger partial charge in [-0.15, -0.1) is 0 Å². The molecule has 2 unspecified atom stereocenters. The third kappa shape index (κ3) is 44.1. The van der Waals surface area contributed by atoms with Crippen molar-refractivity contribution in [3.05, 3.63) is 85.1 Å². The number of phosphoric ester groups is 1. The Morgan fingerprint density at radius 1 is 0.561 bits per heavy atom. The second-order valence-corrected chi connectivity index (χ2v) is 15.7. The molecule has 0 aromatic heterocycles. The highest BCUT2D eigenvalue weighted by Gasteiger charge is 2.23. The number of ether oxygens (including phenoxy) is 1. The molecular formula is C47H80NO8P. The maximum Gasteiger partial charge on any atom is 0.472 e. The second-order valence-electron chi connectivity index (χ2n) is 14.3. The first-order chi connectivity index (χ1) is 27.8. The number of hydrogen-bond donors (Lipinski definition) is 3. The minimum Gasteiger partial charge on any atom is -0.463 e. The fraction of sp³-hybridized carbons (Fsp3) is 0.660. The Hall–Kier alpha value is -2.81. The summed E-state index contributed by atoms with van der Waals surface area (Å²) in [6, 6.07) is 0. The molecule has 3 N–H and O–H groups in total. The average Bonchev–Trinajstić information content (AvgIpc) is 3.20. The molecule has 326 valence electrons. The zero-order chi connectivity index (χ0) is 41.8. The number of carbonyl (C=O) groups is 2. The molecule has 0 fully saturated rings. The summed E-state index contributed by atoms with van der Waals surface area (Å²) in [4.78, 5) is 33.9. The lowest BCUT2D eigenvalue weighted by molar-refractivity contribution is -0.147. The lowest BCUT2D eigenvalue weighted by Gasteiger charge is -2.15. The lowest BCUT2D eigenvalue weighted by atomic mass is 10.1. The number of amides is 1. The van der Waals surface area contributed by atoms with Crippen molar-refractivity contribution < 1.29 is 37.9 Å². The molecule has 9 nitrogen and oxygen atoms in total. The van der Waals surface area contributed by atoms with Gasteiger partial charge in [-0.2, -0.15) is 0 Å². The summed E-state index contributed by atoms with van der Waals surface area (Å²) in [6.07, 6.45) is 53.7. The number of esters is 1. The molecule has 0 saturated carbocycles. The molecule has 0 aromatic carbocycles. The van der Waals surface area contributed by atoms with Crippen LogP contribution < -0.4 is 5.32 Å². The Bertz CT molecular complexity index is 1210. The first-order valence-corrected chi connectivity index (χ1v) is 23.6.